The maximum Gasteiger partial charge on any atom is 0.175 e. The fraction of sp³-hybridized carbons (Fsp3) is 0.316. The van der Waals surface area contributed by atoms with Crippen LogP contribution in [0.3, 0.4) is 0 Å². The van der Waals surface area contributed by atoms with Gasteiger partial charge in [-0.05, 0) is 55.5 Å². The predicted octanol–water partition coefficient (Wildman–Crippen LogP) is 5.93. The molecule has 5 nitrogen and oxygen atoms in total. The molecule has 1 fully saturated rings. The van der Waals surface area contributed by atoms with Gasteiger partial charge >= 0.3 is 0 Å². The average molecular weight is 519 g/mol. The van der Waals surface area contributed by atoms with E-state index in [0.29, 0.717) is 28.3 Å². The van der Waals surface area contributed by atoms with Crippen molar-refractivity contribution in [3.8, 4) is 0 Å². The molecule has 1 aliphatic rings. The number of nitrogens with zero attached hydrogens (tertiary/aromatic N) is 1. The maximum atomic E-state index is 15.3. The molecule has 1 aliphatic carbocycles. The normalized spacial score (nSPS) is 16.0. The van der Waals surface area contributed by atoms with Gasteiger partial charge in [0.25, 0.3) is 0 Å². The van der Waals surface area contributed by atoms with Gasteiger partial charge in [0.05, 0.1) is 39.3 Å². The van der Waals surface area contributed by atoms with Crippen LogP contribution < -0.4 is 10.0 Å². The van der Waals surface area contributed by atoms with Crippen molar-refractivity contribution in [2.24, 2.45) is 0 Å². The van der Waals surface area contributed by atoms with Crippen molar-refractivity contribution < 1.29 is 14.6 Å². The fourth-order valence-corrected chi connectivity index (χ4v) is 5.54. The van der Waals surface area contributed by atoms with Crippen LogP contribution in [-0.4, -0.2) is 32.7 Å². The SMILES string of the molecule is OCC(O)CC1(SNc2cc3scnc3c(F)c2Nc2ccc(Br)cc2Cl)CC1. The number of aliphatic hydroxyl groups is 2. The molecule has 1 unspecified atom stereocenters. The van der Waals surface area contributed by atoms with Gasteiger partial charge in [0.2, 0.25) is 0 Å². The fourth-order valence-electron chi connectivity index (χ4n) is 3.04. The van der Waals surface area contributed by atoms with E-state index in [-0.39, 0.29) is 17.0 Å². The lowest BCUT2D eigenvalue weighted by Crippen LogP contribution is -2.21. The third kappa shape index (κ3) is 4.65. The molecule has 29 heavy (non-hydrogen) atoms. The first-order chi connectivity index (χ1) is 13.9. The third-order valence-corrected chi connectivity index (χ3v) is 7.67. The number of benzene rings is 2. The molecule has 1 heterocycles. The molecule has 1 atom stereocenters. The number of fused-ring (bicyclic) bond motifs is 1. The highest BCUT2D eigenvalue weighted by Gasteiger charge is 2.45. The Morgan fingerprint density at radius 3 is 2.83 bits per heavy atom. The average Bonchev–Trinajstić information content (AvgIpc) is 3.28. The van der Waals surface area contributed by atoms with E-state index in [4.69, 9.17) is 16.7 Å². The van der Waals surface area contributed by atoms with E-state index >= 15 is 4.39 Å². The van der Waals surface area contributed by atoms with E-state index in [2.05, 4.69) is 31.0 Å². The topological polar surface area (TPSA) is 77.4 Å². The number of hydrogen-bond acceptors (Lipinski definition) is 7. The molecule has 0 radical (unpaired) electrons. The monoisotopic (exact) mass is 517 g/mol. The largest absolute Gasteiger partial charge is 0.394 e. The molecule has 154 valence electrons. The van der Waals surface area contributed by atoms with Crippen molar-refractivity contribution in [1.29, 1.82) is 0 Å². The Morgan fingerprint density at radius 2 is 2.14 bits per heavy atom. The molecule has 10 heteroatoms. The summed E-state index contributed by atoms with van der Waals surface area (Å²) in [6.45, 7) is -0.265. The number of nitrogens with one attached hydrogen (secondary N) is 2. The van der Waals surface area contributed by atoms with Crippen LogP contribution in [0.4, 0.5) is 21.5 Å². The van der Waals surface area contributed by atoms with Crippen molar-refractivity contribution in [2.45, 2.75) is 30.1 Å². The molecule has 4 N–H and O–H groups in total. The van der Waals surface area contributed by atoms with Gasteiger partial charge in [-0.15, -0.1) is 11.3 Å². The number of halogens is 3. The second-order valence-electron chi connectivity index (χ2n) is 6.99. The minimum atomic E-state index is -0.758. The second-order valence-corrected chi connectivity index (χ2v) is 10.5. The molecule has 4 rings (SSSR count). The molecule has 1 saturated carbocycles. The zero-order chi connectivity index (χ0) is 20.6. The lowest BCUT2D eigenvalue weighted by atomic mass is 10.2. The Kier molecular flexibility index (Phi) is 6.24. The number of aliphatic hydroxyl groups excluding tert-OH is 2. The summed E-state index contributed by atoms with van der Waals surface area (Å²) < 4.78 is 19.9. The van der Waals surface area contributed by atoms with Crippen LogP contribution in [-0.2, 0) is 0 Å². The van der Waals surface area contributed by atoms with Gasteiger partial charge in [-0.3, -0.25) is 0 Å². The van der Waals surface area contributed by atoms with Crippen LogP contribution in [0.15, 0.2) is 34.2 Å². The first-order valence-electron chi connectivity index (χ1n) is 8.91. The Labute approximate surface area is 188 Å². The van der Waals surface area contributed by atoms with E-state index < -0.39 is 11.9 Å². The molecular weight excluding hydrogens is 501 g/mol. The predicted molar refractivity (Wildman–Crippen MR) is 123 cm³/mol. The zero-order valence-electron chi connectivity index (χ0n) is 15.1. The standard InChI is InChI=1S/C19H18BrClFN3O2S2/c20-10-1-2-13(12(21)5-10)24-17-14(6-15-18(16(17)22)23-9-28-15)25-29-19(3-4-19)7-11(27)8-26/h1-2,5-6,9,11,24-27H,3-4,7-8H2. The van der Waals surface area contributed by atoms with Gasteiger partial charge in [0.15, 0.2) is 5.82 Å². The number of rotatable bonds is 8. The smallest absolute Gasteiger partial charge is 0.175 e. The number of thiazole rings is 1. The Hall–Kier alpha value is -1.10. The van der Waals surface area contributed by atoms with Crippen molar-refractivity contribution >= 4 is 78.1 Å². The Balaban J connectivity index is 1.64. The molecule has 2 aromatic carbocycles. The summed E-state index contributed by atoms with van der Waals surface area (Å²) >= 11 is 12.5. The van der Waals surface area contributed by atoms with Gasteiger partial charge < -0.3 is 20.3 Å². The zero-order valence-corrected chi connectivity index (χ0v) is 19.1. The Bertz CT molecular complexity index is 1050. The lowest BCUT2D eigenvalue weighted by molar-refractivity contribution is 0.0865. The van der Waals surface area contributed by atoms with E-state index in [9.17, 15) is 5.11 Å². The molecule has 0 spiro atoms. The quantitative estimate of drug-likeness (QED) is 0.277. The molecule has 0 aliphatic heterocycles. The summed E-state index contributed by atoms with van der Waals surface area (Å²) in [5, 5.41) is 22.5. The number of aromatic nitrogens is 1. The van der Waals surface area contributed by atoms with Crippen LogP contribution >= 0.6 is 50.8 Å². The minimum Gasteiger partial charge on any atom is -0.394 e. The van der Waals surface area contributed by atoms with Crippen molar-refractivity contribution in [2.75, 3.05) is 16.6 Å². The molecule has 1 aromatic heterocycles. The van der Waals surface area contributed by atoms with Gasteiger partial charge in [0, 0.05) is 9.22 Å². The summed E-state index contributed by atoms with van der Waals surface area (Å²) in [4.78, 5) is 4.14. The molecule has 3 aromatic rings. The highest BCUT2D eigenvalue weighted by molar-refractivity contribution is 9.10. The first-order valence-corrected chi connectivity index (χ1v) is 11.8. The number of hydrogen-bond donors (Lipinski definition) is 4. The van der Waals surface area contributed by atoms with E-state index in [0.717, 1.165) is 22.0 Å². The van der Waals surface area contributed by atoms with Crippen molar-refractivity contribution in [1.82, 2.24) is 4.98 Å². The summed E-state index contributed by atoms with van der Waals surface area (Å²) in [7, 11) is 0. The van der Waals surface area contributed by atoms with Crippen LogP contribution in [0.5, 0.6) is 0 Å². The summed E-state index contributed by atoms with van der Waals surface area (Å²) in [5.74, 6) is -0.453. The Morgan fingerprint density at radius 1 is 1.34 bits per heavy atom. The van der Waals surface area contributed by atoms with Crippen LogP contribution in [0, 0.1) is 5.82 Å². The first kappa shape index (κ1) is 21.1. The molecular formula is C19H18BrClFN3O2S2. The van der Waals surface area contributed by atoms with Crippen molar-refractivity contribution in [3.05, 3.63) is 45.1 Å². The molecule has 0 amide bonds. The van der Waals surface area contributed by atoms with E-state index in [1.165, 1.54) is 23.3 Å². The molecule has 0 saturated heterocycles. The summed E-state index contributed by atoms with van der Waals surface area (Å²) in [5.41, 5.74) is 3.33. The van der Waals surface area contributed by atoms with Crippen LogP contribution in [0.2, 0.25) is 5.02 Å². The van der Waals surface area contributed by atoms with Gasteiger partial charge in [-0.2, -0.15) is 0 Å². The van der Waals surface area contributed by atoms with Crippen LogP contribution in [0.25, 0.3) is 10.2 Å². The summed E-state index contributed by atoms with van der Waals surface area (Å²) in [6, 6.07) is 7.19. The minimum absolute atomic E-state index is 0.159. The lowest BCUT2D eigenvalue weighted by Gasteiger charge is -2.21. The van der Waals surface area contributed by atoms with Crippen LogP contribution in [0.1, 0.15) is 19.3 Å². The third-order valence-electron chi connectivity index (χ3n) is 4.76. The highest BCUT2D eigenvalue weighted by Crippen LogP contribution is 2.52. The summed E-state index contributed by atoms with van der Waals surface area (Å²) in [6.07, 6.45) is 1.57. The molecule has 0 bridgehead atoms. The van der Waals surface area contributed by atoms with Gasteiger partial charge in [0.1, 0.15) is 11.2 Å². The van der Waals surface area contributed by atoms with Gasteiger partial charge in [-0.25, -0.2) is 9.37 Å². The van der Waals surface area contributed by atoms with Gasteiger partial charge in [-0.1, -0.05) is 27.5 Å². The van der Waals surface area contributed by atoms with Crippen molar-refractivity contribution in [3.63, 3.8) is 0 Å². The highest BCUT2D eigenvalue weighted by atomic mass is 79.9. The van der Waals surface area contributed by atoms with E-state index in [1.807, 2.05) is 12.1 Å². The second kappa shape index (κ2) is 8.56. The van der Waals surface area contributed by atoms with E-state index in [1.54, 1.807) is 17.6 Å². The number of anilines is 3. The maximum absolute atomic E-state index is 15.3.